The van der Waals surface area contributed by atoms with E-state index in [-0.39, 0.29) is 27.7 Å². The second-order valence-electron chi connectivity index (χ2n) is 8.12. The van der Waals surface area contributed by atoms with Crippen LogP contribution in [0.5, 0.6) is 0 Å². The number of amidine groups is 1. The Kier molecular flexibility index (Phi) is 9.58. The van der Waals surface area contributed by atoms with Crippen molar-refractivity contribution < 1.29 is 42.1 Å². The van der Waals surface area contributed by atoms with E-state index in [9.17, 15) is 27.6 Å². The van der Waals surface area contributed by atoms with Crippen molar-refractivity contribution in [1.29, 1.82) is 0 Å². The van der Waals surface area contributed by atoms with E-state index in [4.69, 9.17) is 14.5 Å². The first-order chi connectivity index (χ1) is 18.5. The number of nitrogens with zero attached hydrogens (tertiary/aromatic N) is 3. The predicted octanol–water partition coefficient (Wildman–Crippen LogP) is 4.11. The summed E-state index contributed by atoms with van der Waals surface area (Å²) in [5.41, 5.74) is 0.570. The van der Waals surface area contributed by atoms with Crippen LogP contribution in [0.1, 0.15) is 24.1 Å². The Morgan fingerprint density at radius 2 is 1.72 bits per heavy atom. The summed E-state index contributed by atoms with van der Waals surface area (Å²) in [7, 11) is 0. The van der Waals surface area contributed by atoms with Gasteiger partial charge in [-0.15, -0.1) is 0 Å². The highest BCUT2D eigenvalue weighted by Crippen LogP contribution is 2.35. The molecule has 1 aliphatic heterocycles. The molecule has 1 fully saturated rings. The van der Waals surface area contributed by atoms with Crippen LogP contribution in [-0.2, 0) is 15.0 Å². The summed E-state index contributed by atoms with van der Waals surface area (Å²) >= 11 is 3.10. The topological polar surface area (TPSA) is 162 Å². The summed E-state index contributed by atoms with van der Waals surface area (Å²) in [4.78, 5) is 22.4. The van der Waals surface area contributed by atoms with Gasteiger partial charge in [0, 0.05) is 5.69 Å². The molecule has 2 aromatic carbocycles. The molecule has 1 aliphatic rings. The number of hydrogen-bond donors (Lipinski definition) is 5. The third kappa shape index (κ3) is 7.29. The Morgan fingerprint density at radius 1 is 1.08 bits per heavy atom. The average molecular weight is 617 g/mol. The lowest BCUT2D eigenvalue weighted by molar-refractivity contribution is -0.192. The van der Waals surface area contributed by atoms with E-state index in [1.54, 1.807) is 0 Å². The quantitative estimate of drug-likeness (QED) is 0.0933. The zero-order valence-electron chi connectivity index (χ0n) is 19.8. The molecule has 39 heavy (non-hydrogen) atoms. The predicted molar refractivity (Wildman–Crippen MR) is 133 cm³/mol. The Hall–Kier alpha value is -4.05. The van der Waals surface area contributed by atoms with Gasteiger partial charge in [0.15, 0.2) is 5.69 Å². The van der Waals surface area contributed by atoms with Gasteiger partial charge in [-0.1, -0.05) is 35.5 Å². The minimum atomic E-state index is -5.08. The number of amides is 1. The number of oxime groups is 1. The molecule has 0 atom stereocenters. The fraction of sp³-hybridized carbons (Fsp3) is 0.261. The number of hydrogen-bond acceptors (Lipinski definition) is 8. The number of rotatable bonds is 5. The van der Waals surface area contributed by atoms with Crippen molar-refractivity contribution in [2.45, 2.75) is 24.4 Å². The number of carboxylic acids is 1. The molecule has 3 aromatic rings. The van der Waals surface area contributed by atoms with Crippen LogP contribution < -0.4 is 16.0 Å². The van der Waals surface area contributed by atoms with E-state index in [2.05, 4.69) is 47.3 Å². The van der Waals surface area contributed by atoms with Gasteiger partial charge in [-0.25, -0.2) is 13.8 Å². The number of piperidine rings is 1. The minimum Gasteiger partial charge on any atom is -0.475 e. The monoisotopic (exact) mass is 616 g/mol. The highest BCUT2D eigenvalue weighted by molar-refractivity contribution is 9.10. The van der Waals surface area contributed by atoms with E-state index < -0.39 is 23.4 Å². The summed E-state index contributed by atoms with van der Waals surface area (Å²) in [6, 6.07) is 13.7. The molecule has 11 nitrogen and oxygen atoms in total. The van der Waals surface area contributed by atoms with Crippen LogP contribution in [0.25, 0.3) is 0 Å². The standard InChI is InChI=1S/C21H20BrFN6O3.C2HF3O2/c22-15-12-14(6-7-16(15)23)25-18(27-31)17-19(29-32-28-17)26-20(30)21(8-10-24-11-9-21)13-4-2-1-3-5-13;3-2(4,5)1(6)7/h1-7,12,24,31H,8-11H2,(H,25,27)(H,26,29,30);(H,6,7). The molecule has 0 bridgehead atoms. The second kappa shape index (κ2) is 12.7. The Labute approximate surface area is 226 Å². The molecule has 0 radical (unpaired) electrons. The SMILES string of the molecule is O=C(Nc1nonc1/C(=N\O)Nc1ccc(F)c(Br)c1)C1(c2ccccc2)CCNCC1.O=C(O)C(F)(F)F. The third-order valence-electron chi connectivity index (χ3n) is 5.69. The highest BCUT2D eigenvalue weighted by atomic mass is 79.9. The van der Waals surface area contributed by atoms with Gasteiger partial charge >= 0.3 is 12.1 Å². The van der Waals surface area contributed by atoms with Gasteiger partial charge in [0.25, 0.3) is 0 Å². The normalized spacial score (nSPS) is 15.1. The largest absolute Gasteiger partial charge is 0.490 e. The summed E-state index contributed by atoms with van der Waals surface area (Å²) in [6.45, 7) is 1.38. The van der Waals surface area contributed by atoms with Crippen molar-refractivity contribution in [3.8, 4) is 0 Å². The molecule has 1 amide bonds. The van der Waals surface area contributed by atoms with Crippen molar-refractivity contribution in [3.05, 3.63) is 70.1 Å². The van der Waals surface area contributed by atoms with Crippen LogP contribution in [0.15, 0.2) is 62.8 Å². The number of alkyl halides is 3. The molecule has 5 N–H and O–H groups in total. The molecule has 4 rings (SSSR count). The minimum absolute atomic E-state index is 0.00144. The molecule has 0 unspecified atom stereocenters. The first-order valence-corrected chi connectivity index (χ1v) is 11.9. The lowest BCUT2D eigenvalue weighted by Gasteiger charge is -2.36. The van der Waals surface area contributed by atoms with Gasteiger partial charge in [-0.05, 0) is 75.9 Å². The molecule has 0 aliphatic carbocycles. The first-order valence-electron chi connectivity index (χ1n) is 11.1. The molecule has 1 aromatic heterocycles. The van der Waals surface area contributed by atoms with E-state index in [1.807, 2.05) is 30.3 Å². The molecule has 208 valence electrons. The maximum atomic E-state index is 13.5. The number of carbonyl (C=O) groups is 2. The van der Waals surface area contributed by atoms with Crippen molar-refractivity contribution in [2.24, 2.45) is 5.16 Å². The molecular weight excluding hydrogens is 596 g/mol. The van der Waals surface area contributed by atoms with Gasteiger partial charge in [-0.2, -0.15) is 13.2 Å². The smallest absolute Gasteiger partial charge is 0.475 e. The van der Waals surface area contributed by atoms with Gasteiger partial charge in [-0.3, -0.25) is 4.79 Å². The fourth-order valence-electron chi connectivity index (χ4n) is 3.75. The number of aliphatic carboxylic acids is 1. The van der Waals surface area contributed by atoms with Crippen LogP contribution in [0.2, 0.25) is 0 Å². The lowest BCUT2D eigenvalue weighted by atomic mass is 9.72. The summed E-state index contributed by atoms with van der Waals surface area (Å²) in [6.07, 6.45) is -3.88. The van der Waals surface area contributed by atoms with E-state index in [0.717, 1.165) is 5.56 Å². The Morgan fingerprint density at radius 3 is 2.28 bits per heavy atom. The van der Waals surface area contributed by atoms with Crippen LogP contribution in [-0.4, -0.2) is 57.6 Å². The van der Waals surface area contributed by atoms with Crippen LogP contribution in [0.4, 0.5) is 29.1 Å². The van der Waals surface area contributed by atoms with E-state index in [0.29, 0.717) is 31.6 Å². The average Bonchev–Trinajstić information content (AvgIpc) is 3.37. The maximum absolute atomic E-state index is 13.5. The maximum Gasteiger partial charge on any atom is 0.490 e. The number of aromatic nitrogens is 2. The zero-order valence-corrected chi connectivity index (χ0v) is 21.4. The number of carboxylic acid groups (broad SMARTS) is 1. The number of nitrogens with one attached hydrogen (secondary N) is 3. The Bertz CT molecular complexity index is 1330. The van der Waals surface area contributed by atoms with Gasteiger partial charge in [0.2, 0.25) is 17.6 Å². The summed E-state index contributed by atoms with van der Waals surface area (Å²) < 4.78 is 50.3. The van der Waals surface area contributed by atoms with Crippen molar-refractivity contribution >= 4 is 45.1 Å². The number of benzene rings is 2. The number of anilines is 2. The van der Waals surface area contributed by atoms with Gasteiger partial charge < -0.3 is 26.3 Å². The number of halogens is 5. The second-order valence-corrected chi connectivity index (χ2v) is 8.97. The molecule has 2 heterocycles. The molecule has 16 heteroatoms. The zero-order chi connectivity index (χ0) is 28.6. The van der Waals surface area contributed by atoms with Crippen molar-refractivity contribution in [1.82, 2.24) is 15.6 Å². The van der Waals surface area contributed by atoms with Crippen LogP contribution in [0, 0.1) is 5.82 Å². The van der Waals surface area contributed by atoms with Crippen LogP contribution in [0.3, 0.4) is 0 Å². The number of carbonyl (C=O) groups excluding carboxylic acids is 1. The summed E-state index contributed by atoms with van der Waals surface area (Å²) in [5.74, 6) is -3.58. The third-order valence-corrected chi connectivity index (χ3v) is 6.30. The molecule has 0 saturated carbocycles. The van der Waals surface area contributed by atoms with Crippen molar-refractivity contribution in [2.75, 3.05) is 23.7 Å². The summed E-state index contributed by atoms with van der Waals surface area (Å²) in [5, 5.41) is 36.3. The lowest BCUT2D eigenvalue weighted by Crippen LogP contribution is -2.48. The van der Waals surface area contributed by atoms with Gasteiger partial charge in [0.05, 0.1) is 9.89 Å². The van der Waals surface area contributed by atoms with E-state index >= 15 is 0 Å². The van der Waals surface area contributed by atoms with Crippen LogP contribution >= 0.6 is 15.9 Å². The molecule has 1 saturated heterocycles. The van der Waals surface area contributed by atoms with Crippen molar-refractivity contribution in [3.63, 3.8) is 0 Å². The first kappa shape index (κ1) is 29.5. The van der Waals surface area contributed by atoms with Gasteiger partial charge in [0.1, 0.15) is 5.82 Å². The fourth-order valence-corrected chi connectivity index (χ4v) is 4.13. The highest BCUT2D eigenvalue weighted by Gasteiger charge is 2.42. The van der Waals surface area contributed by atoms with E-state index in [1.165, 1.54) is 18.2 Å². The molecular formula is C23H21BrF4N6O5. The molecule has 0 spiro atoms. The Balaban J connectivity index is 0.000000532.